The van der Waals surface area contributed by atoms with Crippen molar-refractivity contribution in [2.45, 2.75) is 40.5 Å². The minimum Gasteiger partial charge on any atom is -0.412 e. The molecule has 0 radical (unpaired) electrons. The first-order valence-corrected chi connectivity index (χ1v) is 4.55. The molecule has 3 heteroatoms. The lowest BCUT2D eigenvalue weighted by molar-refractivity contribution is 0.561. The van der Waals surface area contributed by atoms with Crippen molar-refractivity contribution in [3.8, 4) is 0 Å². The van der Waals surface area contributed by atoms with Crippen LogP contribution in [0.1, 0.15) is 40.5 Å². The van der Waals surface area contributed by atoms with Crippen LogP contribution in [0.5, 0.6) is 0 Å². The van der Waals surface area contributed by atoms with Gasteiger partial charge < -0.3 is 16.9 Å². The zero-order valence-corrected chi connectivity index (χ0v) is 9.35. The molecule has 0 bridgehead atoms. The molecular formula is C9H28N2O. The first kappa shape index (κ1) is 22.6. The van der Waals surface area contributed by atoms with Crippen molar-refractivity contribution in [2.75, 3.05) is 13.6 Å². The van der Waals surface area contributed by atoms with Crippen LogP contribution in [0.15, 0.2) is 0 Å². The van der Waals surface area contributed by atoms with E-state index in [4.69, 9.17) is 5.73 Å². The van der Waals surface area contributed by atoms with Gasteiger partial charge in [-0.1, -0.05) is 27.7 Å². The lowest BCUT2D eigenvalue weighted by atomic mass is 10.1. The maximum Gasteiger partial charge on any atom is -0.00772 e. The second-order valence-corrected chi connectivity index (χ2v) is 2.32. The zero-order valence-electron chi connectivity index (χ0n) is 9.35. The van der Waals surface area contributed by atoms with Crippen molar-refractivity contribution < 1.29 is 5.48 Å². The first-order chi connectivity index (χ1) is 5.27. The third-order valence-corrected chi connectivity index (χ3v) is 0.986. The fourth-order valence-corrected chi connectivity index (χ4v) is 0.526. The van der Waals surface area contributed by atoms with Gasteiger partial charge in [-0.15, -0.1) is 0 Å². The predicted molar refractivity (Wildman–Crippen MR) is 58.2 cm³/mol. The third-order valence-electron chi connectivity index (χ3n) is 0.986. The molecule has 0 atom stereocenters. The summed E-state index contributed by atoms with van der Waals surface area (Å²) in [6, 6.07) is 0. The van der Waals surface area contributed by atoms with Crippen LogP contribution in [-0.2, 0) is 0 Å². The summed E-state index contributed by atoms with van der Waals surface area (Å²) in [6.07, 6.45) is 2.45. The quantitative estimate of drug-likeness (QED) is 0.683. The Hall–Kier alpha value is -0.120. The maximum atomic E-state index is 5.28. The highest BCUT2D eigenvalue weighted by molar-refractivity contribution is 4.44. The summed E-state index contributed by atoms with van der Waals surface area (Å²) in [6.45, 7) is 9.28. The van der Waals surface area contributed by atoms with Crippen LogP contribution in [-0.4, -0.2) is 19.1 Å². The Morgan fingerprint density at radius 1 is 1.08 bits per heavy atom. The molecule has 0 aliphatic carbocycles. The fourth-order valence-electron chi connectivity index (χ4n) is 0.526. The minimum atomic E-state index is 0. The van der Waals surface area contributed by atoms with Crippen molar-refractivity contribution >= 4 is 0 Å². The predicted octanol–water partition coefficient (Wildman–Crippen LogP) is 1.16. The van der Waals surface area contributed by atoms with E-state index in [2.05, 4.69) is 19.6 Å². The van der Waals surface area contributed by atoms with Gasteiger partial charge >= 0.3 is 0 Å². The molecule has 3 nitrogen and oxygen atoms in total. The molecule has 0 aliphatic rings. The van der Waals surface area contributed by atoms with Crippen LogP contribution in [0.4, 0.5) is 0 Å². The molecule has 0 fully saturated rings. The van der Waals surface area contributed by atoms with E-state index >= 15 is 0 Å². The molecule has 80 valence electrons. The summed E-state index contributed by atoms with van der Waals surface area (Å²) in [5.74, 6) is 0.823. The summed E-state index contributed by atoms with van der Waals surface area (Å²) in [5.41, 5.74) is 9.78. The van der Waals surface area contributed by atoms with E-state index in [1.165, 1.54) is 19.9 Å². The van der Waals surface area contributed by atoms with E-state index in [1.807, 2.05) is 13.8 Å². The van der Waals surface area contributed by atoms with E-state index in [1.54, 1.807) is 0 Å². The summed E-state index contributed by atoms with van der Waals surface area (Å²) in [4.78, 5) is 0. The van der Waals surface area contributed by atoms with Crippen LogP contribution in [0, 0.1) is 5.92 Å². The minimum absolute atomic E-state index is 0. The van der Waals surface area contributed by atoms with Crippen LogP contribution in [0.3, 0.4) is 0 Å². The van der Waals surface area contributed by atoms with Gasteiger partial charge in [0.1, 0.15) is 0 Å². The van der Waals surface area contributed by atoms with Gasteiger partial charge in [-0.05, 0) is 32.4 Å². The van der Waals surface area contributed by atoms with Gasteiger partial charge in [0.15, 0.2) is 0 Å². The molecule has 0 saturated heterocycles. The highest BCUT2D eigenvalue weighted by atomic mass is 16.0. The van der Waals surface area contributed by atoms with Gasteiger partial charge in [0.05, 0.1) is 0 Å². The van der Waals surface area contributed by atoms with Crippen LogP contribution < -0.4 is 11.5 Å². The van der Waals surface area contributed by atoms with Crippen molar-refractivity contribution in [3.63, 3.8) is 0 Å². The van der Waals surface area contributed by atoms with Gasteiger partial charge in [0, 0.05) is 0 Å². The largest absolute Gasteiger partial charge is 0.412 e. The average Bonchev–Trinajstić information content (AvgIpc) is 2.08. The monoisotopic (exact) mass is 180 g/mol. The van der Waals surface area contributed by atoms with E-state index in [0.717, 1.165) is 12.5 Å². The lowest BCUT2D eigenvalue weighted by Gasteiger charge is -1.98. The molecule has 0 unspecified atom stereocenters. The SMILES string of the molecule is CC.CC(C)CCCN.CN.O. The van der Waals surface area contributed by atoms with Gasteiger partial charge in [-0.3, -0.25) is 0 Å². The van der Waals surface area contributed by atoms with Gasteiger partial charge in [-0.2, -0.15) is 0 Å². The van der Waals surface area contributed by atoms with E-state index in [0.29, 0.717) is 0 Å². The summed E-state index contributed by atoms with van der Waals surface area (Å²) in [7, 11) is 1.50. The summed E-state index contributed by atoms with van der Waals surface area (Å²) >= 11 is 0. The molecular weight excluding hydrogens is 152 g/mol. The van der Waals surface area contributed by atoms with Crippen LogP contribution in [0.2, 0.25) is 0 Å². The molecule has 0 saturated carbocycles. The lowest BCUT2D eigenvalue weighted by Crippen LogP contribution is -1.99. The number of hydrogen-bond donors (Lipinski definition) is 2. The molecule has 0 heterocycles. The van der Waals surface area contributed by atoms with E-state index in [-0.39, 0.29) is 5.48 Å². The summed E-state index contributed by atoms with van der Waals surface area (Å²) < 4.78 is 0. The smallest absolute Gasteiger partial charge is 0.00772 e. The van der Waals surface area contributed by atoms with Crippen molar-refractivity contribution in [1.82, 2.24) is 0 Å². The molecule has 0 aromatic carbocycles. The molecule has 0 rings (SSSR count). The fraction of sp³-hybridized carbons (Fsp3) is 1.00. The Morgan fingerprint density at radius 2 is 1.42 bits per heavy atom. The highest BCUT2D eigenvalue weighted by Gasteiger charge is 1.88. The van der Waals surface area contributed by atoms with Crippen molar-refractivity contribution in [3.05, 3.63) is 0 Å². The Bertz CT molecular complexity index is 41.5. The standard InChI is InChI=1S/C6H15N.C2H6.CH5N.H2O/c1-6(2)4-3-5-7;2*1-2;/h6H,3-5,7H2,1-2H3;1-2H3;2H2,1H3;1H2. The van der Waals surface area contributed by atoms with Gasteiger partial charge in [0.2, 0.25) is 0 Å². The molecule has 6 N–H and O–H groups in total. The highest BCUT2D eigenvalue weighted by Crippen LogP contribution is 2.00. The Balaban J connectivity index is -0.0000000560. The molecule has 0 amide bonds. The topological polar surface area (TPSA) is 83.5 Å². The molecule has 0 aliphatic heterocycles. The molecule has 12 heavy (non-hydrogen) atoms. The second-order valence-electron chi connectivity index (χ2n) is 2.32. The maximum absolute atomic E-state index is 5.28. The second kappa shape index (κ2) is 30.7. The van der Waals surface area contributed by atoms with Crippen molar-refractivity contribution in [2.24, 2.45) is 17.4 Å². The Labute approximate surface area is 77.8 Å². The average molecular weight is 180 g/mol. The van der Waals surface area contributed by atoms with E-state index in [9.17, 15) is 0 Å². The molecule has 0 aromatic rings. The molecule has 0 spiro atoms. The van der Waals surface area contributed by atoms with Crippen LogP contribution >= 0.6 is 0 Å². The zero-order chi connectivity index (χ0) is 9.70. The Morgan fingerprint density at radius 3 is 1.50 bits per heavy atom. The normalized spacial score (nSPS) is 7.00. The van der Waals surface area contributed by atoms with E-state index < -0.39 is 0 Å². The van der Waals surface area contributed by atoms with Gasteiger partial charge in [-0.25, -0.2) is 0 Å². The first-order valence-electron chi connectivity index (χ1n) is 4.55. The Kier molecular flexibility index (Phi) is 58.0. The third kappa shape index (κ3) is 51.8. The van der Waals surface area contributed by atoms with Crippen molar-refractivity contribution in [1.29, 1.82) is 0 Å². The number of rotatable bonds is 3. The van der Waals surface area contributed by atoms with Gasteiger partial charge in [0.25, 0.3) is 0 Å². The number of hydrogen-bond acceptors (Lipinski definition) is 2. The summed E-state index contributed by atoms with van der Waals surface area (Å²) in [5, 5.41) is 0. The number of nitrogens with two attached hydrogens (primary N) is 2. The molecule has 0 aromatic heterocycles. The van der Waals surface area contributed by atoms with Crippen LogP contribution in [0.25, 0.3) is 0 Å².